The van der Waals surface area contributed by atoms with Crippen molar-refractivity contribution in [3.63, 3.8) is 0 Å². The Morgan fingerprint density at radius 1 is 1.50 bits per heavy atom. The minimum atomic E-state index is -0.426. The van der Waals surface area contributed by atoms with Crippen LogP contribution in [0.3, 0.4) is 0 Å². The second kappa shape index (κ2) is 4.00. The Kier molecular flexibility index (Phi) is 2.96. The molecule has 0 unspecified atom stereocenters. The molecule has 74 valence electrons. The van der Waals surface area contributed by atoms with E-state index in [0.29, 0.717) is 28.8 Å². The summed E-state index contributed by atoms with van der Waals surface area (Å²) in [5.74, 6) is -0.426. The maximum atomic E-state index is 11.3. The number of ether oxygens (including phenoxy) is 1. The highest BCUT2D eigenvalue weighted by Gasteiger charge is 2.14. The molecule has 1 heterocycles. The monoisotopic (exact) mass is 193 g/mol. The van der Waals surface area contributed by atoms with Gasteiger partial charge in [0.25, 0.3) is 0 Å². The molecular formula is C10H11NO3. The normalized spacial score (nSPS) is 9.64. The first-order chi connectivity index (χ1) is 6.60. The Morgan fingerprint density at radius 3 is 2.57 bits per heavy atom. The predicted octanol–water partition coefficient (Wildman–Crippen LogP) is 1.30. The summed E-state index contributed by atoms with van der Waals surface area (Å²) in [5.41, 5.74) is 1.97. The zero-order chi connectivity index (χ0) is 10.7. The lowest BCUT2D eigenvalue weighted by atomic mass is 10.1. The second-order valence-electron chi connectivity index (χ2n) is 2.93. The van der Waals surface area contributed by atoms with E-state index in [0.717, 1.165) is 0 Å². The van der Waals surface area contributed by atoms with Crippen LogP contribution in [0.2, 0.25) is 0 Å². The number of aromatic nitrogens is 1. The first-order valence-corrected chi connectivity index (χ1v) is 4.12. The molecule has 0 N–H and O–H groups in total. The van der Waals surface area contributed by atoms with Gasteiger partial charge in [-0.05, 0) is 25.5 Å². The van der Waals surface area contributed by atoms with Crippen molar-refractivity contribution in [2.75, 3.05) is 7.11 Å². The number of carbonyl (C=O) groups is 2. The smallest absolute Gasteiger partial charge is 0.339 e. The fraction of sp³-hybridized carbons (Fsp3) is 0.300. The molecule has 1 rings (SSSR count). The number of rotatable bonds is 2. The molecule has 0 aromatic carbocycles. The van der Waals surface area contributed by atoms with Crippen LogP contribution in [0.15, 0.2) is 6.07 Å². The summed E-state index contributed by atoms with van der Waals surface area (Å²) >= 11 is 0. The van der Waals surface area contributed by atoms with Gasteiger partial charge in [-0.15, -0.1) is 0 Å². The zero-order valence-electron chi connectivity index (χ0n) is 8.33. The van der Waals surface area contributed by atoms with Crippen LogP contribution in [0.5, 0.6) is 0 Å². The summed E-state index contributed by atoms with van der Waals surface area (Å²) in [6.45, 7) is 3.42. The van der Waals surface area contributed by atoms with Gasteiger partial charge in [-0.2, -0.15) is 0 Å². The lowest BCUT2D eigenvalue weighted by molar-refractivity contribution is 0.0598. The molecule has 14 heavy (non-hydrogen) atoms. The van der Waals surface area contributed by atoms with Gasteiger partial charge in [0.15, 0.2) is 6.29 Å². The van der Waals surface area contributed by atoms with Crippen molar-refractivity contribution in [3.8, 4) is 0 Å². The molecule has 0 spiro atoms. The lowest BCUT2D eigenvalue weighted by Crippen LogP contribution is -2.09. The average Bonchev–Trinajstić information content (AvgIpc) is 2.16. The fourth-order valence-corrected chi connectivity index (χ4v) is 1.33. The minimum Gasteiger partial charge on any atom is -0.465 e. The molecule has 0 aliphatic heterocycles. The van der Waals surface area contributed by atoms with Gasteiger partial charge in [-0.1, -0.05) is 0 Å². The maximum Gasteiger partial charge on any atom is 0.339 e. The number of methoxy groups -OCH3 is 1. The number of esters is 1. The number of pyridine rings is 1. The van der Waals surface area contributed by atoms with Crippen LogP contribution in [0.1, 0.15) is 32.1 Å². The summed E-state index contributed by atoms with van der Waals surface area (Å²) < 4.78 is 4.60. The third-order valence-corrected chi connectivity index (χ3v) is 1.93. The van der Waals surface area contributed by atoms with Crippen LogP contribution in [0.25, 0.3) is 0 Å². The van der Waals surface area contributed by atoms with Gasteiger partial charge < -0.3 is 4.74 Å². The molecule has 0 aliphatic carbocycles. The van der Waals surface area contributed by atoms with Crippen molar-refractivity contribution in [1.82, 2.24) is 4.98 Å². The van der Waals surface area contributed by atoms with Crippen molar-refractivity contribution in [2.45, 2.75) is 13.8 Å². The highest BCUT2D eigenvalue weighted by Crippen LogP contribution is 2.13. The first-order valence-electron chi connectivity index (χ1n) is 4.12. The standard InChI is InChI=1S/C10H11NO3/c1-6-4-8(5-12)11-7(2)9(6)10(13)14-3/h4-5H,1-3H3. The van der Waals surface area contributed by atoms with Gasteiger partial charge in [0.05, 0.1) is 18.4 Å². The van der Waals surface area contributed by atoms with Gasteiger partial charge in [-0.3, -0.25) is 4.79 Å². The molecule has 0 fully saturated rings. The summed E-state index contributed by atoms with van der Waals surface area (Å²) in [6.07, 6.45) is 0.654. The number of aryl methyl sites for hydroxylation is 2. The Labute approximate surface area is 81.9 Å². The highest BCUT2D eigenvalue weighted by atomic mass is 16.5. The molecule has 0 atom stereocenters. The van der Waals surface area contributed by atoms with Crippen LogP contribution in [0.4, 0.5) is 0 Å². The van der Waals surface area contributed by atoms with Crippen LogP contribution in [0, 0.1) is 13.8 Å². The van der Waals surface area contributed by atoms with Crippen molar-refractivity contribution < 1.29 is 14.3 Å². The van der Waals surface area contributed by atoms with E-state index in [-0.39, 0.29) is 0 Å². The van der Waals surface area contributed by atoms with E-state index in [1.165, 1.54) is 7.11 Å². The topological polar surface area (TPSA) is 56.3 Å². The van der Waals surface area contributed by atoms with E-state index >= 15 is 0 Å². The third kappa shape index (κ3) is 1.79. The molecule has 1 aromatic heterocycles. The fourth-order valence-electron chi connectivity index (χ4n) is 1.33. The number of carbonyl (C=O) groups excluding carboxylic acids is 2. The molecule has 4 heteroatoms. The average molecular weight is 193 g/mol. The first kappa shape index (κ1) is 10.4. The summed E-state index contributed by atoms with van der Waals surface area (Å²) in [5, 5.41) is 0. The third-order valence-electron chi connectivity index (χ3n) is 1.93. The maximum absolute atomic E-state index is 11.3. The van der Waals surface area contributed by atoms with Gasteiger partial charge in [0.1, 0.15) is 5.69 Å². The summed E-state index contributed by atoms with van der Waals surface area (Å²) in [6, 6.07) is 1.56. The van der Waals surface area contributed by atoms with Crippen molar-refractivity contribution in [3.05, 3.63) is 28.6 Å². The van der Waals surface area contributed by atoms with Crippen molar-refractivity contribution in [1.29, 1.82) is 0 Å². The number of hydrogen-bond donors (Lipinski definition) is 0. The molecule has 0 radical (unpaired) electrons. The van der Waals surface area contributed by atoms with Gasteiger partial charge in [-0.25, -0.2) is 9.78 Å². The molecule has 4 nitrogen and oxygen atoms in total. The summed E-state index contributed by atoms with van der Waals surface area (Å²) in [7, 11) is 1.31. The second-order valence-corrected chi connectivity index (χ2v) is 2.93. The van der Waals surface area contributed by atoms with Crippen molar-refractivity contribution >= 4 is 12.3 Å². The van der Waals surface area contributed by atoms with Gasteiger partial charge in [0, 0.05) is 0 Å². The van der Waals surface area contributed by atoms with Gasteiger partial charge >= 0.3 is 5.97 Å². The quantitative estimate of drug-likeness (QED) is 0.524. The van der Waals surface area contributed by atoms with Gasteiger partial charge in [0.2, 0.25) is 0 Å². The molecule has 0 bridgehead atoms. The predicted molar refractivity (Wildman–Crippen MR) is 50.4 cm³/mol. The van der Waals surface area contributed by atoms with Crippen LogP contribution < -0.4 is 0 Å². The van der Waals surface area contributed by atoms with E-state index in [1.54, 1.807) is 19.9 Å². The van der Waals surface area contributed by atoms with Crippen LogP contribution in [-0.4, -0.2) is 24.3 Å². The number of nitrogens with zero attached hydrogens (tertiary/aromatic N) is 1. The number of aldehydes is 1. The van der Waals surface area contributed by atoms with E-state index in [4.69, 9.17) is 0 Å². The van der Waals surface area contributed by atoms with E-state index < -0.39 is 5.97 Å². The van der Waals surface area contributed by atoms with E-state index in [2.05, 4.69) is 9.72 Å². The lowest BCUT2D eigenvalue weighted by Gasteiger charge is -2.06. The Balaban J connectivity index is 3.31. The minimum absolute atomic E-state index is 0.327. The molecular weight excluding hydrogens is 182 g/mol. The van der Waals surface area contributed by atoms with E-state index in [9.17, 15) is 9.59 Å². The highest BCUT2D eigenvalue weighted by molar-refractivity contribution is 5.92. The molecule has 0 aliphatic rings. The number of hydrogen-bond acceptors (Lipinski definition) is 4. The zero-order valence-corrected chi connectivity index (χ0v) is 8.33. The molecule has 1 aromatic rings. The van der Waals surface area contributed by atoms with Crippen molar-refractivity contribution in [2.24, 2.45) is 0 Å². The van der Waals surface area contributed by atoms with Crippen LogP contribution in [-0.2, 0) is 4.74 Å². The SMILES string of the molecule is COC(=O)c1c(C)cc(C=O)nc1C. The Hall–Kier alpha value is -1.71. The molecule has 0 saturated heterocycles. The van der Waals surface area contributed by atoms with Crippen LogP contribution >= 0.6 is 0 Å². The molecule has 0 saturated carbocycles. The molecule has 0 amide bonds. The Bertz CT molecular complexity index is 362. The summed E-state index contributed by atoms with van der Waals surface area (Å²) in [4.78, 5) is 25.7. The Morgan fingerprint density at radius 2 is 2.14 bits per heavy atom. The largest absolute Gasteiger partial charge is 0.465 e. The van der Waals surface area contributed by atoms with E-state index in [1.807, 2.05) is 0 Å².